The topological polar surface area (TPSA) is 87.0 Å². The van der Waals surface area contributed by atoms with E-state index in [2.05, 4.69) is 31.2 Å². The predicted molar refractivity (Wildman–Crippen MR) is 104 cm³/mol. The number of hydrogen-bond acceptors (Lipinski definition) is 4. The van der Waals surface area contributed by atoms with Gasteiger partial charge in [-0.05, 0) is 22.4 Å². The first-order valence-corrected chi connectivity index (χ1v) is 8.78. The van der Waals surface area contributed by atoms with E-state index in [-0.39, 0.29) is 24.2 Å². The highest BCUT2D eigenvalue weighted by Gasteiger charge is 2.29. The average molecular weight is 435 g/mol. The molecule has 0 aliphatic carbocycles. The Labute approximate surface area is 160 Å². The average Bonchev–Trinajstić information content (AvgIpc) is 2.93. The van der Waals surface area contributed by atoms with Crippen molar-refractivity contribution < 1.29 is 9.18 Å². The summed E-state index contributed by atoms with van der Waals surface area (Å²) in [4.78, 5) is 21.6. The summed E-state index contributed by atoms with van der Waals surface area (Å²) in [6, 6.07) is -0.526. The molecule has 2 atom stereocenters. The first-order chi connectivity index (χ1) is 11.4. The summed E-state index contributed by atoms with van der Waals surface area (Å²) in [5.74, 6) is -0.199. The number of fused-ring (bicyclic) bond motifs is 1. The number of pyridine rings is 1. The van der Waals surface area contributed by atoms with Crippen LogP contribution in [-0.2, 0) is 4.79 Å². The zero-order valence-corrected chi connectivity index (χ0v) is 16.5. The lowest BCUT2D eigenvalue weighted by molar-refractivity contribution is -0.118. The van der Waals surface area contributed by atoms with Crippen LogP contribution in [0.2, 0.25) is 0 Å². The summed E-state index contributed by atoms with van der Waals surface area (Å²) < 4.78 is 14.5. The van der Waals surface area contributed by atoms with E-state index in [0.717, 1.165) is 15.5 Å². The van der Waals surface area contributed by atoms with Crippen molar-refractivity contribution in [3.63, 3.8) is 0 Å². The summed E-state index contributed by atoms with van der Waals surface area (Å²) in [6.45, 7) is 4.66. The molecule has 2 aromatic rings. The monoisotopic (exact) mass is 433 g/mol. The first kappa shape index (κ1) is 19.9. The standard InChI is InChI=1S/C16H21BrFN5O.ClH/c1-8(2)16(24)22-12-6-21-15-13(12)14(9(17)5-20-15)23-4-3-10(18)11(19)7-23;/h5-6,8,10-11H,3-4,7,19H2,1-2H3,(H,20,21)(H,22,24);1H/t10-,11+;/m0./s1. The number of nitrogens with one attached hydrogen (secondary N) is 2. The molecule has 6 nitrogen and oxygen atoms in total. The molecule has 0 radical (unpaired) electrons. The van der Waals surface area contributed by atoms with Crippen LogP contribution < -0.4 is 16.0 Å². The van der Waals surface area contributed by atoms with Gasteiger partial charge in [-0.3, -0.25) is 4.79 Å². The van der Waals surface area contributed by atoms with Crippen LogP contribution in [0.5, 0.6) is 0 Å². The van der Waals surface area contributed by atoms with Crippen molar-refractivity contribution in [3.05, 3.63) is 16.9 Å². The Kier molecular flexibility index (Phi) is 6.29. The highest BCUT2D eigenvalue weighted by molar-refractivity contribution is 9.10. The van der Waals surface area contributed by atoms with Crippen LogP contribution in [0.3, 0.4) is 0 Å². The number of nitrogens with zero attached hydrogens (tertiary/aromatic N) is 2. The summed E-state index contributed by atoms with van der Waals surface area (Å²) in [6.07, 6.45) is 2.84. The fourth-order valence-corrected chi connectivity index (χ4v) is 3.45. The van der Waals surface area contributed by atoms with Crippen molar-refractivity contribution in [2.75, 3.05) is 23.3 Å². The van der Waals surface area contributed by atoms with Gasteiger partial charge >= 0.3 is 0 Å². The molecule has 3 rings (SSSR count). The Morgan fingerprint density at radius 3 is 2.92 bits per heavy atom. The highest BCUT2D eigenvalue weighted by Crippen LogP contribution is 2.39. The number of carbonyl (C=O) groups excluding carboxylic acids is 1. The van der Waals surface area contributed by atoms with Gasteiger partial charge in [-0.15, -0.1) is 12.4 Å². The minimum absolute atomic E-state index is 0. The maximum Gasteiger partial charge on any atom is 0.226 e. The van der Waals surface area contributed by atoms with E-state index in [1.165, 1.54) is 0 Å². The summed E-state index contributed by atoms with van der Waals surface area (Å²) in [5, 5.41) is 3.74. The van der Waals surface area contributed by atoms with Crippen molar-refractivity contribution >= 4 is 56.7 Å². The summed E-state index contributed by atoms with van der Waals surface area (Å²) >= 11 is 3.54. The quantitative estimate of drug-likeness (QED) is 0.692. The van der Waals surface area contributed by atoms with Gasteiger partial charge in [0, 0.05) is 31.4 Å². The van der Waals surface area contributed by atoms with Gasteiger partial charge in [0.2, 0.25) is 5.91 Å². The van der Waals surface area contributed by atoms with Crippen LogP contribution in [0, 0.1) is 5.92 Å². The molecular weight excluding hydrogens is 413 g/mol. The fourth-order valence-electron chi connectivity index (χ4n) is 2.90. The summed E-state index contributed by atoms with van der Waals surface area (Å²) in [5.41, 5.74) is 8.13. The fraction of sp³-hybridized carbons (Fsp3) is 0.500. The van der Waals surface area contributed by atoms with Crippen LogP contribution in [0.1, 0.15) is 20.3 Å². The van der Waals surface area contributed by atoms with Gasteiger partial charge in [-0.25, -0.2) is 9.37 Å². The third-order valence-corrected chi connectivity index (χ3v) is 4.88. The van der Waals surface area contributed by atoms with Crippen molar-refractivity contribution in [2.24, 2.45) is 11.7 Å². The van der Waals surface area contributed by atoms with E-state index in [1.54, 1.807) is 12.4 Å². The molecule has 1 aliphatic heterocycles. The number of halogens is 3. The Hall–Kier alpha value is -1.38. The normalized spacial score (nSPS) is 20.6. The molecular formula is C16H22BrClFN5O. The molecule has 2 aromatic heterocycles. The number of H-pyrrole nitrogens is 1. The number of anilines is 2. The van der Waals surface area contributed by atoms with E-state index in [4.69, 9.17) is 5.73 Å². The Morgan fingerprint density at radius 2 is 2.28 bits per heavy atom. The maximum atomic E-state index is 13.7. The number of carbonyl (C=O) groups is 1. The van der Waals surface area contributed by atoms with Crippen molar-refractivity contribution in [2.45, 2.75) is 32.5 Å². The Bertz CT molecular complexity index is 768. The molecule has 25 heavy (non-hydrogen) atoms. The number of piperidine rings is 1. The van der Waals surface area contributed by atoms with Crippen molar-refractivity contribution in [1.82, 2.24) is 9.97 Å². The van der Waals surface area contributed by atoms with Crippen LogP contribution >= 0.6 is 28.3 Å². The number of rotatable bonds is 3. The molecule has 1 saturated heterocycles. The van der Waals surface area contributed by atoms with E-state index in [0.29, 0.717) is 30.8 Å². The van der Waals surface area contributed by atoms with Gasteiger partial charge in [0.05, 0.1) is 27.3 Å². The number of amides is 1. The molecule has 0 unspecified atom stereocenters. The predicted octanol–water partition coefficient (Wildman–Crippen LogP) is 3.22. The molecule has 1 aliphatic rings. The Morgan fingerprint density at radius 1 is 1.56 bits per heavy atom. The number of aromatic amines is 1. The number of hydrogen-bond donors (Lipinski definition) is 3. The van der Waals surface area contributed by atoms with Gasteiger partial charge in [0.15, 0.2) is 0 Å². The first-order valence-electron chi connectivity index (χ1n) is 7.99. The minimum Gasteiger partial charge on any atom is -0.368 e. The lowest BCUT2D eigenvalue weighted by Crippen LogP contribution is -2.50. The highest BCUT2D eigenvalue weighted by atomic mass is 79.9. The van der Waals surface area contributed by atoms with Crippen molar-refractivity contribution in [3.8, 4) is 0 Å². The zero-order valence-electron chi connectivity index (χ0n) is 14.1. The smallest absolute Gasteiger partial charge is 0.226 e. The molecule has 1 fully saturated rings. The number of nitrogens with two attached hydrogens (primary N) is 1. The molecule has 0 spiro atoms. The molecule has 3 heterocycles. The van der Waals surface area contributed by atoms with Crippen LogP contribution in [0.4, 0.5) is 15.8 Å². The Balaban J connectivity index is 0.00000225. The van der Waals surface area contributed by atoms with E-state index in [1.807, 2.05) is 18.7 Å². The number of alkyl halides is 1. The van der Waals surface area contributed by atoms with Gasteiger partial charge in [0.1, 0.15) is 11.8 Å². The van der Waals surface area contributed by atoms with Crippen molar-refractivity contribution in [1.29, 1.82) is 0 Å². The number of aromatic nitrogens is 2. The second-order valence-corrected chi connectivity index (χ2v) is 7.29. The molecule has 0 bridgehead atoms. The van der Waals surface area contributed by atoms with E-state index < -0.39 is 12.2 Å². The lowest BCUT2D eigenvalue weighted by atomic mass is 10.0. The largest absolute Gasteiger partial charge is 0.368 e. The van der Waals surface area contributed by atoms with Gasteiger partial charge in [-0.1, -0.05) is 13.8 Å². The van der Waals surface area contributed by atoms with Gasteiger partial charge < -0.3 is 20.9 Å². The zero-order chi connectivity index (χ0) is 17.4. The second kappa shape index (κ2) is 7.88. The van der Waals surface area contributed by atoms with E-state index >= 15 is 0 Å². The summed E-state index contributed by atoms with van der Waals surface area (Å²) in [7, 11) is 0. The van der Waals surface area contributed by atoms with Crippen LogP contribution in [0.25, 0.3) is 11.0 Å². The molecule has 1 amide bonds. The maximum absolute atomic E-state index is 13.7. The molecule has 138 valence electrons. The van der Waals surface area contributed by atoms with E-state index in [9.17, 15) is 9.18 Å². The van der Waals surface area contributed by atoms with Crippen LogP contribution in [-0.4, -0.2) is 41.2 Å². The van der Waals surface area contributed by atoms with Crippen LogP contribution in [0.15, 0.2) is 16.9 Å². The van der Waals surface area contributed by atoms with Gasteiger partial charge in [0.25, 0.3) is 0 Å². The molecule has 0 saturated carbocycles. The minimum atomic E-state index is -0.983. The molecule has 9 heteroatoms. The SMILES string of the molecule is CC(C)C(=O)Nc1c[nH]c2ncc(Br)c(N3CC[C@H](F)[C@H](N)C3)c12.Cl. The third kappa shape index (κ3) is 3.91. The molecule has 4 N–H and O–H groups in total. The second-order valence-electron chi connectivity index (χ2n) is 6.44. The van der Waals surface area contributed by atoms with Gasteiger partial charge in [-0.2, -0.15) is 0 Å². The molecule has 0 aromatic carbocycles. The lowest BCUT2D eigenvalue weighted by Gasteiger charge is -2.35. The third-order valence-electron chi connectivity index (χ3n) is 4.30.